The van der Waals surface area contributed by atoms with E-state index in [1.165, 1.54) is 28.5 Å². The van der Waals surface area contributed by atoms with Crippen molar-refractivity contribution < 1.29 is 14.3 Å². The van der Waals surface area contributed by atoms with E-state index in [-0.39, 0.29) is 22.8 Å². The molecule has 6 nitrogen and oxygen atoms in total. The van der Waals surface area contributed by atoms with Crippen LogP contribution in [0.3, 0.4) is 0 Å². The molecule has 5 rings (SSSR count). The molecular formula is C35H37N3O3S. The first-order valence-corrected chi connectivity index (χ1v) is 15.4. The van der Waals surface area contributed by atoms with E-state index in [4.69, 9.17) is 9.84 Å². The highest BCUT2D eigenvalue weighted by Crippen LogP contribution is 2.45. The number of carbonyl (C=O) groups is 2. The van der Waals surface area contributed by atoms with E-state index in [1.807, 2.05) is 12.3 Å². The SMILES string of the molecule is CCOC(=O)CCn1ccc(/C=C2/CN(C(c3ccccc3)(c3ccccc3)c3ccccc3)CC[C@H]2SC(C)=O)n1. The van der Waals surface area contributed by atoms with Crippen LogP contribution in [-0.4, -0.2) is 50.7 Å². The second-order valence-electron chi connectivity index (χ2n) is 10.4. The molecule has 0 unspecified atom stereocenters. The van der Waals surface area contributed by atoms with Crippen molar-refractivity contribution in [2.75, 3.05) is 19.7 Å². The van der Waals surface area contributed by atoms with E-state index in [2.05, 4.69) is 102 Å². The van der Waals surface area contributed by atoms with Crippen molar-refractivity contribution in [2.45, 2.75) is 44.0 Å². The summed E-state index contributed by atoms with van der Waals surface area (Å²) in [6, 6.07) is 34.1. The summed E-state index contributed by atoms with van der Waals surface area (Å²) in [4.78, 5) is 26.7. The maximum absolute atomic E-state index is 12.3. The molecule has 1 aliphatic heterocycles. The van der Waals surface area contributed by atoms with E-state index < -0.39 is 5.54 Å². The van der Waals surface area contributed by atoms with Gasteiger partial charge in [-0.05, 0) is 47.8 Å². The third kappa shape index (κ3) is 6.58. The minimum Gasteiger partial charge on any atom is -0.466 e. The quantitative estimate of drug-likeness (QED) is 0.157. The first-order valence-electron chi connectivity index (χ1n) is 14.5. The predicted molar refractivity (Wildman–Crippen MR) is 169 cm³/mol. The number of hydrogen-bond donors (Lipinski definition) is 0. The molecule has 0 spiro atoms. The summed E-state index contributed by atoms with van der Waals surface area (Å²) in [5, 5.41) is 4.90. The highest BCUT2D eigenvalue weighted by atomic mass is 32.2. The third-order valence-electron chi connectivity index (χ3n) is 7.65. The number of esters is 1. The van der Waals surface area contributed by atoms with E-state index in [9.17, 15) is 9.59 Å². The van der Waals surface area contributed by atoms with Crippen LogP contribution in [0.5, 0.6) is 0 Å². The molecule has 3 aromatic carbocycles. The fraction of sp³-hybridized carbons (Fsp3) is 0.286. The third-order valence-corrected chi connectivity index (χ3v) is 8.81. The Kier molecular flexibility index (Phi) is 9.72. The van der Waals surface area contributed by atoms with Crippen LogP contribution >= 0.6 is 11.8 Å². The van der Waals surface area contributed by atoms with Crippen LogP contribution in [0.25, 0.3) is 6.08 Å². The molecule has 0 aliphatic carbocycles. The lowest BCUT2D eigenvalue weighted by atomic mass is 9.74. The molecule has 0 saturated carbocycles. The summed E-state index contributed by atoms with van der Waals surface area (Å²) >= 11 is 1.40. The van der Waals surface area contributed by atoms with Gasteiger partial charge < -0.3 is 4.74 Å². The van der Waals surface area contributed by atoms with Gasteiger partial charge in [0.05, 0.1) is 30.8 Å². The maximum Gasteiger partial charge on any atom is 0.307 e. The molecule has 42 heavy (non-hydrogen) atoms. The molecule has 1 aliphatic rings. The number of hydrogen-bond acceptors (Lipinski definition) is 6. The number of likely N-dealkylation sites (tertiary alicyclic amines) is 1. The van der Waals surface area contributed by atoms with Gasteiger partial charge in [0.1, 0.15) is 0 Å². The fourth-order valence-electron chi connectivity index (χ4n) is 5.91. The molecule has 0 amide bonds. The topological polar surface area (TPSA) is 64.4 Å². The minimum absolute atomic E-state index is 0.0588. The predicted octanol–water partition coefficient (Wildman–Crippen LogP) is 6.57. The van der Waals surface area contributed by atoms with Crippen molar-refractivity contribution in [3.05, 3.63) is 131 Å². The molecule has 4 aromatic rings. The van der Waals surface area contributed by atoms with Gasteiger partial charge in [0.25, 0.3) is 0 Å². The number of nitrogens with zero attached hydrogens (tertiary/aromatic N) is 3. The summed E-state index contributed by atoms with van der Waals surface area (Å²) in [7, 11) is 0. The van der Waals surface area contributed by atoms with Gasteiger partial charge >= 0.3 is 5.97 Å². The summed E-state index contributed by atoms with van der Waals surface area (Å²) in [6.07, 6.45) is 5.12. The molecule has 2 heterocycles. The Morgan fingerprint density at radius 2 is 1.50 bits per heavy atom. The van der Waals surface area contributed by atoms with E-state index in [0.29, 0.717) is 19.7 Å². The van der Waals surface area contributed by atoms with Gasteiger partial charge in [0.15, 0.2) is 5.12 Å². The van der Waals surface area contributed by atoms with E-state index in [0.717, 1.165) is 24.2 Å². The van der Waals surface area contributed by atoms with Crippen LogP contribution in [0, 0.1) is 0 Å². The number of aromatic nitrogens is 2. The monoisotopic (exact) mass is 579 g/mol. The number of carbonyl (C=O) groups excluding carboxylic acids is 2. The van der Waals surface area contributed by atoms with Gasteiger partial charge in [-0.3, -0.25) is 19.2 Å². The minimum atomic E-state index is -0.534. The Bertz CT molecular complexity index is 1410. The number of piperidine rings is 1. The summed E-state index contributed by atoms with van der Waals surface area (Å²) < 4.78 is 6.84. The van der Waals surface area contributed by atoms with Crippen molar-refractivity contribution in [1.82, 2.24) is 14.7 Å². The van der Waals surface area contributed by atoms with Crippen LogP contribution in [0.15, 0.2) is 109 Å². The molecular weight excluding hydrogens is 542 g/mol. The van der Waals surface area contributed by atoms with Crippen molar-refractivity contribution >= 4 is 28.9 Å². The van der Waals surface area contributed by atoms with Crippen molar-refractivity contribution in [2.24, 2.45) is 0 Å². The van der Waals surface area contributed by atoms with E-state index in [1.54, 1.807) is 18.5 Å². The molecule has 1 saturated heterocycles. The first-order chi connectivity index (χ1) is 20.5. The van der Waals surface area contributed by atoms with Crippen molar-refractivity contribution in [3.63, 3.8) is 0 Å². The zero-order valence-electron chi connectivity index (χ0n) is 24.2. The van der Waals surface area contributed by atoms with Crippen molar-refractivity contribution in [3.8, 4) is 0 Å². The van der Waals surface area contributed by atoms with E-state index >= 15 is 0 Å². The van der Waals surface area contributed by atoms with Gasteiger partial charge in [-0.1, -0.05) is 103 Å². The molecule has 0 radical (unpaired) electrons. The Hall–Kier alpha value is -3.94. The van der Waals surface area contributed by atoms with Crippen molar-refractivity contribution in [1.29, 1.82) is 0 Å². The standard InChI is InChI=1S/C35H37N3O3S/c1-3-41-34(40)21-24-38-23-19-32(36-38)25-28-26-37(22-20-33(28)42-27(2)39)35(29-13-7-4-8-14-29,30-15-9-5-10-16-30)31-17-11-6-12-18-31/h4-19,23,25,33H,3,20-22,24,26H2,1-2H3/b28-25-/t33-/m1/s1. The van der Waals surface area contributed by atoms with Crippen LogP contribution in [0.4, 0.5) is 0 Å². The van der Waals surface area contributed by atoms with Gasteiger partial charge in [0, 0.05) is 31.5 Å². The largest absolute Gasteiger partial charge is 0.466 e. The molecule has 1 fully saturated rings. The second-order valence-corrected chi connectivity index (χ2v) is 11.8. The van der Waals surface area contributed by atoms with Crippen LogP contribution < -0.4 is 0 Å². The van der Waals surface area contributed by atoms with Gasteiger partial charge in [-0.15, -0.1) is 0 Å². The smallest absolute Gasteiger partial charge is 0.307 e. The molecule has 216 valence electrons. The number of benzene rings is 3. The second kappa shape index (κ2) is 13.8. The summed E-state index contributed by atoms with van der Waals surface area (Å²) in [5.41, 5.74) is 5.03. The van der Waals surface area contributed by atoms with Gasteiger partial charge in [0.2, 0.25) is 0 Å². The van der Waals surface area contributed by atoms with Gasteiger partial charge in [-0.2, -0.15) is 5.10 Å². The number of aryl methyl sites for hydroxylation is 1. The lowest BCUT2D eigenvalue weighted by molar-refractivity contribution is -0.143. The number of ether oxygens (including phenoxy) is 1. The highest BCUT2D eigenvalue weighted by Gasteiger charge is 2.44. The number of rotatable bonds is 10. The molecule has 1 aromatic heterocycles. The average molecular weight is 580 g/mol. The fourth-order valence-corrected chi connectivity index (χ4v) is 6.83. The normalized spacial score (nSPS) is 16.8. The lowest BCUT2D eigenvalue weighted by Gasteiger charge is -2.49. The number of thioether (sulfide) groups is 1. The lowest BCUT2D eigenvalue weighted by Crippen LogP contribution is -2.52. The molecule has 0 bridgehead atoms. The van der Waals surface area contributed by atoms with Crippen LogP contribution in [0.2, 0.25) is 0 Å². The summed E-state index contributed by atoms with van der Waals surface area (Å²) in [5.74, 6) is -0.229. The first kappa shape index (κ1) is 29.5. The van der Waals surface area contributed by atoms with Crippen LogP contribution in [0.1, 0.15) is 49.1 Å². The Morgan fingerprint density at radius 3 is 2.02 bits per heavy atom. The van der Waals surface area contributed by atoms with Gasteiger partial charge in [-0.25, -0.2) is 0 Å². The Morgan fingerprint density at radius 1 is 0.929 bits per heavy atom. The Labute approximate surface area is 252 Å². The zero-order valence-corrected chi connectivity index (χ0v) is 25.0. The Balaban J connectivity index is 1.56. The average Bonchev–Trinajstić information content (AvgIpc) is 3.46. The molecule has 7 heteroatoms. The zero-order chi connectivity index (χ0) is 29.4. The molecule has 0 N–H and O–H groups in total. The molecule has 1 atom stereocenters. The summed E-state index contributed by atoms with van der Waals surface area (Å²) in [6.45, 7) is 5.76. The van der Waals surface area contributed by atoms with Crippen LogP contribution in [-0.2, 0) is 26.4 Å². The maximum atomic E-state index is 12.3. The highest BCUT2D eigenvalue weighted by molar-refractivity contribution is 8.14.